The third kappa shape index (κ3) is 15.9. The molecule has 568 valence electrons. The topological polar surface area (TPSA) is 492 Å². The maximum absolute atomic E-state index is 11.8. The number of imidazole rings is 5. The largest absolute Gasteiger partial charge is 0.402 e. The second-order valence-electron chi connectivity index (χ2n) is 26.0. The highest BCUT2D eigenvalue weighted by Crippen LogP contribution is 2.33. The first-order valence-electron chi connectivity index (χ1n) is 35.0. The first-order chi connectivity index (χ1) is 52.4. The zero-order valence-corrected chi connectivity index (χ0v) is 64.1. The fourth-order valence-corrected chi connectivity index (χ4v) is 12.2. The van der Waals surface area contributed by atoms with Crippen LogP contribution in [0, 0.1) is 13.8 Å². The molecule has 14 aromatic rings. The lowest BCUT2D eigenvalue weighted by atomic mass is 10.2. The Morgan fingerprint density at radius 3 is 1.35 bits per heavy atom. The van der Waals surface area contributed by atoms with E-state index in [1.54, 1.807) is 93.4 Å². The number of hydrogen-bond acceptors (Lipinski definition) is 23. The Labute approximate surface area is 630 Å². The van der Waals surface area contributed by atoms with Crippen molar-refractivity contribution >= 4 is 78.8 Å². The highest BCUT2D eigenvalue weighted by atomic mass is 16.2. The van der Waals surface area contributed by atoms with Gasteiger partial charge in [-0.25, -0.2) is 49.8 Å². The second kappa shape index (κ2) is 32.0. The molecule has 0 saturated heterocycles. The minimum Gasteiger partial charge on any atom is -0.402 e. The number of amides is 4. The van der Waals surface area contributed by atoms with Gasteiger partial charge in [-0.2, -0.15) is 25.5 Å². The van der Waals surface area contributed by atoms with Gasteiger partial charge in [-0.15, -0.1) is 0 Å². The van der Waals surface area contributed by atoms with Gasteiger partial charge in [-0.05, 0) is 84.4 Å². The van der Waals surface area contributed by atoms with Gasteiger partial charge in [0.15, 0.2) is 34.8 Å². The number of allylic oxidation sites excluding steroid dienone is 4. The van der Waals surface area contributed by atoms with Crippen LogP contribution in [0.5, 0.6) is 0 Å². The maximum atomic E-state index is 11.8. The molecule has 0 fully saturated rings. The van der Waals surface area contributed by atoms with E-state index >= 15 is 0 Å². The van der Waals surface area contributed by atoms with E-state index in [9.17, 15) is 19.2 Å². The number of carbonyl (C=O) groups excluding carboxylic acids is 4. The molecule has 37 heteroatoms. The molecule has 12 N–H and O–H groups in total. The summed E-state index contributed by atoms with van der Waals surface area (Å²) < 4.78 is 17.9. The quantitative estimate of drug-likeness (QED) is 0.0397. The Bertz CT molecular complexity index is 5820. The first kappa shape index (κ1) is 77.1. The molecule has 0 aliphatic heterocycles. The number of aromatic nitrogens is 25. The number of unbranched alkanes of at least 4 members (excludes halogenated alkanes) is 1. The Kier molecular flexibility index (Phi) is 22.4. The van der Waals surface area contributed by atoms with Crippen LogP contribution in [-0.4, -0.2) is 170 Å². The van der Waals surface area contributed by atoms with Gasteiger partial charge >= 0.3 is 0 Å². The van der Waals surface area contributed by atoms with Crippen molar-refractivity contribution in [3.8, 4) is 63.3 Å². The van der Waals surface area contributed by atoms with E-state index in [0.717, 1.165) is 92.9 Å². The number of aliphatic imine (C=N–C) groups is 2. The molecule has 110 heavy (non-hydrogen) atoms. The smallest absolute Gasteiger partial charge is 0.286 e. The molecule has 0 aliphatic carbocycles. The number of aryl methyl sites for hydroxylation is 12. The zero-order chi connectivity index (χ0) is 79.4. The van der Waals surface area contributed by atoms with Crippen LogP contribution in [0.3, 0.4) is 0 Å². The van der Waals surface area contributed by atoms with Crippen LogP contribution < -0.4 is 34.4 Å². The fraction of sp³-hybridized carbons (Fsp3) is 0.301. The molecule has 14 heterocycles. The van der Waals surface area contributed by atoms with Crippen LogP contribution >= 0.6 is 0 Å². The van der Waals surface area contributed by atoms with Crippen molar-refractivity contribution in [2.75, 3.05) is 13.1 Å². The molecule has 0 bridgehead atoms. The number of primary amides is 4. The summed E-state index contributed by atoms with van der Waals surface area (Å²) in [6.07, 6.45) is 22.7. The Morgan fingerprint density at radius 2 is 0.900 bits per heavy atom. The Morgan fingerprint density at radius 1 is 0.455 bits per heavy atom. The van der Waals surface area contributed by atoms with E-state index in [2.05, 4.69) is 84.2 Å². The molecule has 0 spiro atoms. The van der Waals surface area contributed by atoms with Crippen LogP contribution in [0.15, 0.2) is 114 Å². The van der Waals surface area contributed by atoms with E-state index in [1.807, 2.05) is 143 Å². The highest BCUT2D eigenvalue weighted by molar-refractivity contribution is 6.09. The van der Waals surface area contributed by atoms with Crippen LogP contribution in [0.1, 0.15) is 125 Å². The minimum absolute atomic E-state index is 0.0919. The normalized spacial score (nSPS) is 12.1. The average Bonchev–Trinajstić information content (AvgIpc) is 1.62. The molecule has 37 nitrogen and oxygen atoms in total. The van der Waals surface area contributed by atoms with Crippen LogP contribution in [0.4, 0.5) is 0 Å². The van der Waals surface area contributed by atoms with Gasteiger partial charge < -0.3 is 52.7 Å². The fourth-order valence-electron chi connectivity index (χ4n) is 12.2. The number of hydrogen-bond donors (Lipinski definition) is 6. The zero-order valence-electron chi connectivity index (χ0n) is 64.1. The molecular formula is C73H87N33O4. The molecule has 0 aromatic carbocycles. The Balaban J connectivity index is 0.000000146. The number of fused-ring (bicyclic) bond motifs is 4. The van der Waals surface area contributed by atoms with Gasteiger partial charge in [0.25, 0.3) is 23.6 Å². The number of pyridine rings is 3. The lowest BCUT2D eigenvalue weighted by Crippen LogP contribution is -2.16. The summed E-state index contributed by atoms with van der Waals surface area (Å²) >= 11 is 0. The van der Waals surface area contributed by atoms with E-state index in [-0.39, 0.29) is 22.9 Å². The van der Waals surface area contributed by atoms with Crippen LogP contribution in [0.2, 0.25) is 0 Å². The van der Waals surface area contributed by atoms with Crippen LogP contribution in [0.25, 0.3) is 107 Å². The van der Waals surface area contributed by atoms with E-state index < -0.39 is 23.6 Å². The molecular weight excluding hydrogens is 1400 g/mol. The van der Waals surface area contributed by atoms with Crippen LogP contribution in [-0.2, 0) is 69.3 Å². The van der Waals surface area contributed by atoms with Gasteiger partial charge in [0, 0.05) is 141 Å². The van der Waals surface area contributed by atoms with Gasteiger partial charge in [0.1, 0.15) is 62.8 Å². The van der Waals surface area contributed by atoms with Crippen molar-refractivity contribution in [2.45, 2.75) is 81.2 Å². The summed E-state index contributed by atoms with van der Waals surface area (Å²) in [5, 5.41) is 24.6. The average molecular weight is 1490 g/mol. The maximum Gasteiger partial charge on any atom is 0.286 e. The molecule has 14 rings (SSSR count). The molecule has 14 aromatic heterocycles. The molecule has 0 atom stereocenters. The number of nitrogens with two attached hydrogens (primary N) is 6. The summed E-state index contributed by atoms with van der Waals surface area (Å²) in [6, 6.07) is 6.93. The first-order valence-corrected chi connectivity index (χ1v) is 35.0. The number of carbonyl (C=O) groups is 4. The van der Waals surface area contributed by atoms with Crippen molar-refractivity contribution in [1.29, 1.82) is 0 Å². The van der Waals surface area contributed by atoms with Gasteiger partial charge in [0.05, 0.1) is 75.2 Å². The third-order valence-corrected chi connectivity index (χ3v) is 17.4. The lowest BCUT2D eigenvalue weighted by Gasteiger charge is -2.05. The molecule has 0 unspecified atom stereocenters. The third-order valence-electron chi connectivity index (χ3n) is 17.4. The monoisotopic (exact) mass is 1490 g/mol. The summed E-state index contributed by atoms with van der Waals surface area (Å²) in [5.74, 6) is 1.47. The number of nitrogens with zero attached hydrogens (tertiary/aromatic N) is 27. The molecule has 0 aliphatic rings. The second-order valence-corrected chi connectivity index (χ2v) is 26.0. The number of rotatable bonds is 20. The predicted molar refractivity (Wildman–Crippen MR) is 417 cm³/mol. The summed E-state index contributed by atoms with van der Waals surface area (Å²) in [6.45, 7) is 17.7. The molecule has 0 radical (unpaired) electrons. The molecule has 0 saturated carbocycles. The van der Waals surface area contributed by atoms with E-state index in [4.69, 9.17) is 49.4 Å². The van der Waals surface area contributed by atoms with Crippen molar-refractivity contribution in [3.05, 3.63) is 155 Å². The van der Waals surface area contributed by atoms with E-state index in [0.29, 0.717) is 104 Å². The Hall–Kier alpha value is -14.0. The van der Waals surface area contributed by atoms with Gasteiger partial charge in [-0.3, -0.25) is 57.1 Å². The minimum atomic E-state index is -0.719. The predicted octanol–water partition coefficient (Wildman–Crippen LogP) is 5.64. The summed E-state index contributed by atoms with van der Waals surface area (Å²) in [7, 11) is 14.6. The van der Waals surface area contributed by atoms with Gasteiger partial charge in [0.2, 0.25) is 5.82 Å². The van der Waals surface area contributed by atoms with E-state index in [1.165, 1.54) is 0 Å². The van der Waals surface area contributed by atoms with Crippen molar-refractivity contribution < 1.29 is 19.2 Å². The van der Waals surface area contributed by atoms with Crippen molar-refractivity contribution in [2.24, 2.45) is 101 Å². The SMILES string of the molecule is CCCCN=C(C=C(C)N)c1cn(C)c(-c2nc(C(N)=O)cc3c2cnn3C)n1.CCN=C(C=C(C)N)c1cn(C)c(-c2nc(C(N)=O)nc3c2cnn3C)n1.CCc1nc(C)cn1-c1cn(C)c(-c2nc(C(N)=O)cc3c2cnn3C)n1.CCn1nc(C)cc1-c1cn(C)c(-c2nc(C(N)=O)cc3c2cnn3C)n1. The van der Waals surface area contributed by atoms with Crippen molar-refractivity contribution in [1.82, 2.24) is 122 Å². The standard InChI is InChI=1S/C20H26N8O.2C18H20N8O.C17H21N9O/c1-5-6-7-23-14(8-12(2)21)16-11-27(3)20(26-16)18-13-10-24-28(4)17(13)9-15(25-18)19(22)29;1-5-14-21-10(2)8-26(14)15-9-24(3)18(23-15)16-11-7-20-25(4)13(11)6-12(22-16)17(19)27;1-5-26-15(6-10(2)23-26)13-9-24(3)18(22-13)16-11-8-20-25(4)14(11)7-12(21-16)17(19)27;1-5-20-11(6-9(2)18)12-8-25(3)17(22-12)13-10-7-21-26(4)16(10)24-15(23-13)14(19)27/h8-11H,5-7,21H2,1-4H3,(H2,22,29);2*6-9H,5H2,1-4H3,(H2,19,27);6-8H,5,18H2,1-4H3,(H2,19,27). The lowest BCUT2D eigenvalue weighted by molar-refractivity contribution is 0.0983. The molecule has 4 amide bonds. The van der Waals surface area contributed by atoms with Crippen molar-refractivity contribution in [3.63, 3.8) is 0 Å². The summed E-state index contributed by atoms with van der Waals surface area (Å²) in [5.41, 5.74) is 46.6. The highest BCUT2D eigenvalue weighted by Gasteiger charge is 2.26. The van der Waals surface area contributed by atoms with Gasteiger partial charge in [-0.1, -0.05) is 20.3 Å². The summed E-state index contributed by atoms with van der Waals surface area (Å²) in [4.78, 5) is 101.